The molecule has 0 aliphatic carbocycles. The molecule has 17 rings (SSSR count). The van der Waals surface area contributed by atoms with Crippen LogP contribution in [0.2, 0.25) is 0 Å². The van der Waals surface area contributed by atoms with Gasteiger partial charge in [-0.1, -0.05) is 263 Å². The fraction of sp³-hybridized carbons (Fsp3) is 0.286. The smallest absolute Gasteiger partial charge is 0.207 e. The van der Waals surface area contributed by atoms with Crippen LogP contribution in [0.4, 0.5) is 0 Å². The number of hydrogen-bond donors (Lipinski definition) is 2. The van der Waals surface area contributed by atoms with Crippen molar-refractivity contribution in [2.24, 2.45) is 0 Å². The molecule has 24 nitrogen and oxygen atoms in total. The number of rotatable bonds is 16. The van der Waals surface area contributed by atoms with Crippen LogP contribution in [0.1, 0.15) is 211 Å². The van der Waals surface area contributed by atoms with Gasteiger partial charge in [-0.3, -0.25) is 0 Å². The van der Waals surface area contributed by atoms with Gasteiger partial charge in [-0.2, -0.15) is 0 Å². The van der Waals surface area contributed by atoms with Crippen LogP contribution in [0.3, 0.4) is 0 Å². The molecule has 0 radical (unpaired) electrons. The third-order valence-electron chi connectivity index (χ3n) is 26.6. The third-order valence-corrected chi connectivity index (χ3v) is 41.6. The fourth-order valence-corrected chi connectivity index (χ4v) is 31.0. The molecule has 12 aromatic carbocycles. The summed E-state index contributed by atoms with van der Waals surface area (Å²) in [5.74, 6) is -2.00. The van der Waals surface area contributed by atoms with Crippen molar-refractivity contribution in [1.29, 1.82) is 0 Å². The number of aromatic amines is 2. The van der Waals surface area contributed by atoms with E-state index >= 15 is 67.3 Å². The van der Waals surface area contributed by atoms with E-state index in [4.69, 9.17) is 29.9 Å². The van der Waals surface area contributed by atoms with Crippen LogP contribution >= 0.6 is 0 Å². The number of nitrogens with zero attached hydrogens (tertiary/aromatic N) is 6. The van der Waals surface area contributed by atoms with E-state index in [0.29, 0.717) is 0 Å². The first-order chi connectivity index (χ1) is 66.4. The van der Waals surface area contributed by atoms with E-state index in [1.807, 2.05) is 166 Å². The fourth-order valence-electron chi connectivity index (χ4n) is 17.6. The first-order valence-electron chi connectivity index (χ1n) is 46.8. The van der Waals surface area contributed by atoms with E-state index in [2.05, 4.69) is 9.97 Å². The molecule has 5 heterocycles. The first kappa shape index (κ1) is 103. The second-order valence-corrected chi connectivity index (χ2v) is 60.6. The SMILES string of the molecule is CC(C)(C)c1ccc(S(=O)(=O)c2cc3c(cc2S(=O)(=O)c2ccc(C(C)(C)C)cc2)-c2nc-3nc3[nH]c(nc4nc(nc5[nH]c(n2)c2cc(S(=O)(=O)c6ccc(C(C)(C)C)cc6)c(S(=O)(=O)c6ccc(C(C)(C)C)cc6)cc52)-c2cc(S(=O)(=O)c5ccc(C(C)(C)C)cc5)c(S(=O)(=O)c5ccc(C(C)(C)C)cc5)cc2-4)c2cc(S(=O)(=O)c4ccc(C(C)(C)C)cc4)c(S(=O)(=O)c4ccc(C(C)(C)C)cc4)cc32)cc1. The lowest BCUT2D eigenvalue weighted by Crippen LogP contribution is -2.14. The predicted octanol–water partition coefficient (Wildman–Crippen LogP) is 23.9. The van der Waals surface area contributed by atoms with Gasteiger partial charge in [0, 0.05) is 43.8 Å². The van der Waals surface area contributed by atoms with E-state index in [1.165, 1.54) is 97.1 Å². The highest BCUT2D eigenvalue weighted by atomic mass is 32.2. The minimum atomic E-state index is -5.09. The van der Waals surface area contributed by atoms with Gasteiger partial charge in [0.25, 0.3) is 0 Å². The molecule has 32 heteroatoms. The zero-order valence-electron chi connectivity index (χ0n) is 84.6. The zero-order chi connectivity index (χ0) is 105. The number of nitrogens with one attached hydrogen (secondary N) is 2. The molecule has 0 amide bonds. The summed E-state index contributed by atoms with van der Waals surface area (Å²) in [6, 6.07) is 56.0. The van der Waals surface area contributed by atoms with Crippen LogP contribution in [-0.2, 0) is 122 Å². The van der Waals surface area contributed by atoms with E-state index in [0.717, 1.165) is 93.0 Å². The van der Waals surface area contributed by atoms with Crippen LogP contribution in [0.25, 0.3) is 89.7 Å². The van der Waals surface area contributed by atoms with Crippen LogP contribution < -0.4 is 0 Å². The summed E-state index contributed by atoms with van der Waals surface area (Å²) in [5, 5.41) is -0.962. The Bertz CT molecular complexity index is 8050. The highest BCUT2D eigenvalue weighted by Gasteiger charge is 2.42. The molecule has 0 unspecified atom stereocenters. The molecular weight excluding hydrogens is 1970 g/mol. The summed E-state index contributed by atoms with van der Waals surface area (Å²) >= 11 is 0. The summed E-state index contributed by atoms with van der Waals surface area (Å²) in [4.78, 5) is 28.5. The van der Waals surface area contributed by atoms with Gasteiger partial charge in [-0.25, -0.2) is 97.2 Å². The molecule has 144 heavy (non-hydrogen) atoms. The van der Waals surface area contributed by atoms with E-state index in [1.54, 1.807) is 97.1 Å². The van der Waals surface area contributed by atoms with E-state index in [-0.39, 0.29) is 83.0 Å². The summed E-state index contributed by atoms with van der Waals surface area (Å²) in [7, 11) is -40.7. The summed E-state index contributed by atoms with van der Waals surface area (Å²) in [5.41, 5.74) is -1.06. The molecule has 0 atom stereocenters. The lowest BCUT2D eigenvalue weighted by molar-refractivity contribution is 0.580. The van der Waals surface area contributed by atoms with Gasteiger partial charge in [-0.05, 0) is 233 Å². The number of H-pyrrole nitrogens is 2. The van der Waals surface area contributed by atoms with E-state index in [9.17, 15) is 0 Å². The van der Waals surface area contributed by atoms with Crippen LogP contribution in [-0.4, -0.2) is 107 Å². The Morgan fingerprint density at radius 2 is 0.271 bits per heavy atom. The largest absolute Gasteiger partial charge is 0.324 e. The van der Waals surface area contributed by atoms with Crippen molar-refractivity contribution in [3.63, 3.8) is 0 Å². The number of aromatic nitrogens is 8. The monoisotopic (exact) mass is 2080 g/mol. The number of benzene rings is 12. The van der Waals surface area contributed by atoms with Crippen molar-refractivity contribution in [3.8, 4) is 45.6 Å². The van der Waals surface area contributed by atoms with Gasteiger partial charge in [-0.15, -0.1) is 0 Å². The Labute approximate surface area is 843 Å². The Morgan fingerprint density at radius 3 is 0.382 bits per heavy atom. The minimum absolute atomic E-state index is 0.241. The molecular formula is C112H114N8O16S8. The van der Waals surface area contributed by atoms with Crippen molar-refractivity contribution in [1.82, 2.24) is 39.9 Å². The quantitative estimate of drug-likeness (QED) is 0.0907. The summed E-state index contributed by atoms with van der Waals surface area (Å²) in [6.07, 6.45) is 0. The van der Waals surface area contributed by atoms with Crippen LogP contribution in [0.5, 0.6) is 0 Å². The molecule has 0 saturated carbocycles. The molecule has 0 fully saturated rings. The lowest BCUT2D eigenvalue weighted by Gasteiger charge is -2.20. The first-order valence-corrected chi connectivity index (χ1v) is 58.7. The van der Waals surface area contributed by atoms with Gasteiger partial charge in [0.1, 0.15) is 22.6 Å². The molecule has 2 aliphatic heterocycles. The number of hydrogen-bond acceptors (Lipinski definition) is 22. The maximum absolute atomic E-state index is 16.3. The Hall–Kier alpha value is -12.4. The Morgan fingerprint density at radius 1 is 0.160 bits per heavy atom. The predicted molar refractivity (Wildman–Crippen MR) is 561 cm³/mol. The second-order valence-electron chi connectivity index (χ2n) is 45.2. The normalized spacial score (nSPS) is 13.7. The molecule has 8 bridgehead atoms. The number of fused-ring (bicyclic) bond motifs is 20. The van der Waals surface area contributed by atoms with Gasteiger partial charge in [0.05, 0.1) is 78.3 Å². The molecule has 2 N–H and O–H groups in total. The van der Waals surface area contributed by atoms with Crippen molar-refractivity contribution in [3.05, 3.63) is 287 Å². The maximum atomic E-state index is 16.3. The molecule has 15 aromatic rings. The van der Waals surface area contributed by atoms with Crippen molar-refractivity contribution in [2.75, 3.05) is 0 Å². The highest BCUT2D eigenvalue weighted by Crippen LogP contribution is 2.50. The molecule has 0 saturated heterocycles. The second kappa shape index (κ2) is 34.7. The summed E-state index contributed by atoms with van der Waals surface area (Å²) < 4.78 is 261. The summed E-state index contributed by atoms with van der Waals surface area (Å²) in [6.45, 7) is 46.3. The maximum Gasteiger partial charge on any atom is 0.207 e. The molecule has 746 valence electrons. The van der Waals surface area contributed by atoms with Crippen molar-refractivity contribution < 1.29 is 67.3 Å². The molecule has 0 spiro atoms. The molecule has 3 aromatic heterocycles. The van der Waals surface area contributed by atoms with Crippen molar-refractivity contribution >= 4 is 123 Å². The van der Waals surface area contributed by atoms with Crippen LogP contribution in [0.15, 0.2) is 321 Å². The van der Waals surface area contributed by atoms with Gasteiger partial charge >= 0.3 is 0 Å². The minimum Gasteiger partial charge on any atom is -0.324 e. The average Bonchev–Trinajstić information content (AvgIpc) is 1.53. The Kier molecular flexibility index (Phi) is 24.8. The van der Waals surface area contributed by atoms with Crippen molar-refractivity contribution in [2.45, 2.75) is 288 Å². The topological polar surface area (TPSA) is 382 Å². The van der Waals surface area contributed by atoms with E-state index < -0.39 is 207 Å². The third kappa shape index (κ3) is 18.6. The molecule has 2 aliphatic rings. The highest BCUT2D eigenvalue weighted by molar-refractivity contribution is 7.96. The number of sulfone groups is 8. The van der Waals surface area contributed by atoms with Gasteiger partial charge < -0.3 is 9.97 Å². The van der Waals surface area contributed by atoms with Crippen LogP contribution in [0, 0.1) is 0 Å². The Balaban J connectivity index is 1.09. The average molecular weight is 2080 g/mol. The lowest BCUT2D eigenvalue weighted by atomic mass is 9.87. The van der Waals surface area contributed by atoms with Gasteiger partial charge in [0.15, 0.2) is 23.3 Å². The van der Waals surface area contributed by atoms with Gasteiger partial charge in [0.2, 0.25) is 78.7 Å². The standard InChI is InChI=1S/C112H114N8O16S8/c1-105(2,3)65-25-41-73(42-26-65)137(121,122)89-57-81-82(58-90(89)138(123,124)74-43-27-66(28-44-74)106(4,5)6)98-113-97(81)117-99-83-59-91(139(125,126)75-45-29-67(30-46-75)107(7,8)9)92(140(127,128)76-47-31-68(32-48-76)108(10,11)12)60-84(83)101(114-99)119-103-87-63-95(143(133,134)79-53-37-71(38-54-79)111(19,20)21)96(144(135,136)80-55-39-72(40-56-80)112(22,23)24)64-88(87)104(116-103)120-102-86-62-94(142(131,132)78-51-35-70(36-52-78)110(16,17)18)93(61-85(86)100(115-102)118-98)141(129,130)77-49-33-69(34-50-77)109(13,14)15/h25-64H,1-24H3,(H2,113,114,115,116,117,118,119,120). The zero-order valence-corrected chi connectivity index (χ0v) is 91.1.